The zero-order valence-corrected chi connectivity index (χ0v) is 40.4. The lowest BCUT2D eigenvalue weighted by Gasteiger charge is -2.52. The lowest BCUT2D eigenvalue weighted by atomic mass is 9.72. The van der Waals surface area contributed by atoms with Crippen molar-refractivity contribution in [1.29, 1.82) is 0 Å². The summed E-state index contributed by atoms with van der Waals surface area (Å²) in [4.78, 5) is 26.1. The van der Waals surface area contributed by atoms with E-state index in [1.807, 2.05) is 73.1 Å². The minimum atomic E-state index is -0.443. The molecule has 2 unspecified atom stereocenters. The van der Waals surface area contributed by atoms with Crippen molar-refractivity contribution in [3.05, 3.63) is 133 Å². The molecular weight excluding hydrogens is 873 g/mol. The molecule has 4 aromatic carbocycles. The van der Waals surface area contributed by atoms with Gasteiger partial charge in [0.05, 0.1) is 48.7 Å². The largest absolute Gasteiger partial charge is 0.497 e. The van der Waals surface area contributed by atoms with Crippen molar-refractivity contribution < 1.29 is 18.9 Å². The Balaban J connectivity index is 1.06. The third kappa shape index (κ3) is 8.04. The summed E-state index contributed by atoms with van der Waals surface area (Å²) in [6.07, 6.45) is 9.61. The van der Waals surface area contributed by atoms with Crippen LogP contribution in [0.4, 0.5) is 0 Å². The van der Waals surface area contributed by atoms with Crippen molar-refractivity contribution in [2.24, 2.45) is 23.7 Å². The predicted octanol–water partition coefficient (Wildman–Crippen LogP) is 11.3. The molecule has 8 aromatic rings. The van der Waals surface area contributed by atoms with E-state index in [0.717, 1.165) is 119 Å². The molecule has 10 atom stereocenters. The van der Waals surface area contributed by atoms with Gasteiger partial charge >= 0.3 is 0 Å². The average molecular weight is 933 g/mol. The molecular formula is C58H60N8O4. The van der Waals surface area contributed by atoms with Crippen LogP contribution >= 0.6 is 0 Å². The molecule has 0 N–H and O–H groups in total. The van der Waals surface area contributed by atoms with Crippen LogP contribution < -0.4 is 18.9 Å². The van der Waals surface area contributed by atoms with Gasteiger partial charge in [0.15, 0.2) is 11.0 Å². The maximum absolute atomic E-state index is 7.53. The number of benzene rings is 4. The van der Waals surface area contributed by atoms with Crippen molar-refractivity contribution in [3.63, 3.8) is 0 Å². The van der Waals surface area contributed by atoms with Crippen LogP contribution in [0.1, 0.15) is 75.7 Å². The first kappa shape index (κ1) is 44.4. The van der Waals surface area contributed by atoms with Gasteiger partial charge in [-0.15, -0.1) is 10.2 Å². The second-order valence-electron chi connectivity index (χ2n) is 19.8. The monoisotopic (exact) mass is 932 g/mol. The summed E-state index contributed by atoms with van der Waals surface area (Å²) in [5, 5.41) is 12.1. The summed E-state index contributed by atoms with van der Waals surface area (Å²) >= 11 is 0. The maximum Gasteiger partial charge on any atom is 0.262 e. The van der Waals surface area contributed by atoms with Gasteiger partial charge in [-0.25, -0.2) is 9.97 Å². The SMILES string of the molecule is CC[C@H]1CN2CC[C@@H]1C[C@@H]2[C@@H](Oc1nnc(O[C@@H](c2ccnc3ccc(OC)cc23)[C@H]2C[C@@H]3CCN2C[C@@H]3CC)c2nc(-c3ccccc3)c(-c3ccccc3)nc12)c1ccnc2ccc(OC)cc12. The second-order valence-corrected chi connectivity index (χ2v) is 19.8. The number of hydrogen-bond acceptors (Lipinski definition) is 12. The van der Waals surface area contributed by atoms with Gasteiger partial charge in [-0.3, -0.25) is 19.8 Å². The minimum Gasteiger partial charge on any atom is -0.497 e. The molecule has 6 fully saturated rings. The van der Waals surface area contributed by atoms with Crippen LogP contribution in [0.2, 0.25) is 0 Å². The molecule has 6 saturated heterocycles. The van der Waals surface area contributed by atoms with Gasteiger partial charge in [0.2, 0.25) is 0 Å². The number of piperidine rings is 6. The van der Waals surface area contributed by atoms with E-state index in [0.29, 0.717) is 46.5 Å². The molecule has 0 aliphatic carbocycles. The Morgan fingerprint density at radius 2 is 1.00 bits per heavy atom. The van der Waals surface area contributed by atoms with Gasteiger partial charge in [0, 0.05) is 58.5 Å². The van der Waals surface area contributed by atoms with Crippen molar-refractivity contribution >= 4 is 32.8 Å². The number of fused-ring (bicyclic) bond motifs is 9. The quantitative estimate of drug-likeness (QED) is 0.103. The van der Waals surface area contributed by atoms with Crippen LogP contribution in [0.3, 0.4) is 0 Å². The molecule has 4 bridgehead atoms. The maximum atomic E-state index is 7.53. The molecule has 0 radical (unpaired) electrons. The van der Waals surface area contributed by atoms with E-state index in [4.69, 9.17) is 49.1 Å². The molecule has 6 aliphatic heterocycles. The molecule has 0 saturated carbocycles. The van der Waals surface area contributed by atoms with E-state index >= 15 is 0 Å². The Bertz CT molecular complexity index is 2970. The van der Waals surface area contributed by atoms with Crippen LogP contribution in [0, 0.1) is 23.7 Å². The van der Waals surface area contributed by atoms with Gasteiger partial charge in [-0.05, 0) is 111 Å². The van der Waals surface area contributed by atoms with E-state index in [9.17, 15) is 0 Å². The number of ether oxygens (including phenoxy) is 4. The minimum absolute atomic E-state index is 0.0698. The summed E-state index contributed by atoms with van der Waals surface area (Å²) < 4.78 is 26.6. The average Bonchev–Trinajstić information content (AvgIpc) is 3.43. The van der Waals surface area contributed by atoms with Gasteiger partial charge < -0.3 is 18.9 Å². The van der Waals surface area contributed by atoms with Crippen LogP contribution in [-0.2, 0) is 0 Å². The van der Waals surface area contributed by atoms with Gasteiger partial charge in [-0.2, -0.15) is 0 Å². The van der Waals surface area contributed by atoms with E-state index in [1.54, 1.807) is 14.2 Å². The normalized spacial score (nSPS) is 24.7. The Morgan fingerprint density at radius 1 is 0.557 bits per heavy atom. The van der Waals surface area contributed by atoms with Gasteiger partial charge in [-0.1, -0.05) is 87.4 Å². The third-order valence-corrected chi connectivity index (χ3v) is 16.3. The molecule has 0 amide bonds. The summed E-state index contributed by atoms with van der Waals surface area (Å²) in [5.74, 6) is 4.65. The molecule has 10 heterocycles. The smallest absolute Gasteiger partial charge is 0.262 e. The molecule has 12 nitrogen and oxygen atoms in total. The first-order chi connectivity index (χ1) is 34.5. The molecule has 12 heteroatoms. The molecule has 14 rings (SSSR count). The lowest BCUT2D eigenvalue weighted by Crippen LogP contribution is -2.56. The second kappa shape index (κ2) is 18.9. The lowest BCUT2D eigenvalue weighted by molar-refractivity contribution is -0.0505. The highest BCUT2D eigenvalue weighted by Crippen LogP contribution is 2.48. The van der Waals surface area contributed by atoms with Crippen molar-refractivity contribution in [1.82, 2.24) is 39.9 Å². The molecule has 356 valence electrons. The van der Waals surface area contributed by atoms with Crippen LogP contribution in [0.15, 0.2) is 122 Å². The van der Waals surface area contributed by atoms with E-state index in [2.05, 4.69) is 72.2 Å². The fourth-order valence-corrected chi connectivity index (χ4v) is 12.6. The zero-order valence-electron chi connectivity index (χ0n) is 40.4. The highest BCUT2D eigenvalue weighted by atomic mass is 16.5. The van der Waals surface area contributed by atoms with E-state index in [-0.39, 0.29) is 12.1 Å². The third-order valence-electron chi connectivity index (χ3n) is 16.3. The first-order valence-corrected chi connectivity index (χ1v) is 25.3. The fraction of sp³-hybridized carbons (Fsp3) is 0.379. The topological polar surface area (TPSA) is 121 Å². The highest BCUT2D eigenvalue weighted by Gasteiger charge is 2.46. The number of hydrogen-bond donors (Lipinski definition) is 0. The molecule has 70 heavy (non-hydrogen) atoms. The first-order valence-electron chi connectivity index (χ1n) is 25.3. The Hall–Kier alpha value is -6.76. The summed E-state index contributed by atoms with van der Waals surface area (Å²) in [6, 6.07) is 37.0. The fourth-order valence-electron chi connectivity index (χ4n) is 12.6. The number of methoxy groups -OCH3 is 2. The number of rotatable bonds is 14. The van der Waals surface area contributed by atoms with Crippen LogP contribution in [0.5, 0.6) is 23.3 Å². The van der Waals surface area contributed by atoms with Gasteiger partial charge in [0.1, 0.15) is 23.7 Å². The molecule has 6 aliphatic rings. The predicted molar refractivity (Wildman–Crippen MR) is 273 cm³/mol. The summed E-state index contributed by atoms with van der Waals surface area (Å²) in [7, 11) is 3.41. The van der Waals surface area contributed by atoms with Crippen LogP contribution in [-0.4, -0.2) is 92.4 Å². The van der Waals surface area contributed by atoms with Crippen molar-refractivity contribution in [3.8, 4) is 45.8 Å². The van der Waals surface area contributed by atoms with Crippen molar-refractivity contribution in [2.75, 3.05) is 40.4 Å². The van der Waals surface area contributed by atoms with Gasteiger partial charge in [0.25, 0.3) is 11.8 Å². The Morgan fingerprint density at radius 3 is 1.39 bits per heavy atom. The summed E-state index contributed by atoms with van der Waals surface area (Å²) in [6.45, 7) is 8.75. The highest BCUT2D eigenvalue weighted by molar-refractivity contribution is 5.91. The van der Waals surface area contributed by atoms with Crippen molar-refractivity contribution in [2.45, 2.75) is 76.7 Å². The Labute approximate surface area is 409 Å². The molecule has 4 aromatic heterocycles. The Kier molecular flexibility index (Phi) is 12.0. The number of nitrogens with zero attached hydrogens (tertiary/aromatic N) is 8. The standard InChI is InChI=1S/C58H60N8O4/c1-5-35-33-65-27-23-39(35)29-49(65)55(43-21-25-59-47-19-17-41(67-3)31-45(43)47)69-57-53-54(62-52(38-15-11-8-12-16-38)51(61-53)37-13-9-7-10-14-37)58(64-63-57)70-56(50-30-40-24-28-66(50)34-36(40)6-2)44-22-26-60-48-20-18-42(68-4)32-46(44)48/h7-22,25-26,31-32,35-36,39-40,49-50,55-56H,5-6,23-24,27-30,33-34H2,1-4H3/t35-,36-,39-,40+,49+,50+,55-,56-/m0/s1. The zero-order chi connectivity index (χ0) is 47.3. The number of aromatic nitrogens is 6. The number of pyridine rings is 2. The van der Waals surface area contributed by atoms with Crippen LogP contribution in [0.25, 0.3) is 55.4 Å². The molecule has 0 spiro atoms. The van der Waals surface area contributed by atoms with E-state index < -0.39 is 12.2 Å². The summed E-state index contributed by atoms with van der Waals surface area (Å²) in [5.41, 5.74) is 8.06. The van der Waals surface area contributed by atoms with E-state index in [1.165, 1.54) is 12.8 Å².